The minimum atomic E-state index is -4.03. The number of thiazole rings is 1. The van der Waals surface area contributed by atoms with Crippen LogP contribution < -0.4 is 10.6 Å². The second-order valence-electron chi connectivity index (χ2n) is 14.4. The predicted molar refractivity (Wildman–Crippen MR) is 194 cm³/mol. The number of aliphatic hydroxyl groups excluding tert-OH is 1. The largest absolute Gasteiger partial charge is 0.443 e. The lowest BCUT2D eigenvalue weighted by molar-refractivity contribution is -0.0907. The van der Waals surface area contributed by atoms with Crippen LogP contribution in [-0.2, 0) is 30.7 Å². The van der Waals surface area contributed by atoms with Gasteiger partial charge in [0.05, 0.1) is 46.4 Å². The summed E-state index contributed by atoms with van der Waals surface area (Å²) >= 11 is 1.45. The van der Waals surface area contributed by atoms with Crippen LogP contribution in [0.15, 0.2) is 53.4 Å². The summed E-state index contributed by atoms with van der Waals surface area (Å²) in [4.78, 5) is 20.5. The number of anilines is 1. The summed E-state index contributed by atoms with van der Waals surface area (Å²) in [7, 11) is -4.03. The molecule has 0 saturated carbocycles. The van der Waals surface area contributed by atoms with Gasteiger partial charge in [-0.25, -0.2) is 18.2 Å². The highest BCUT2D eigenvalue weighted by Gasteiger charge is 2.44. The second-order valence-corrected chi connectivity index (χ2v) is 17.4. The number of hydrogen-bond acceptors (Lipinski definition) is 11. The number of likely N-dealkylation sites (tertiary alicyclic amines) is 1. The second kappa shape index (κ2) is 16.2. The van der Waals surface area contributed by atoms with Crippen molar-refractivity contribution >= 4 is 42.8 Å². The van der Waals surface area contributed by atoms with Gasteiger partial charge in [-0.1, -0.05) is 55.5 Å². The van der Waals surface area contributed by atoms with Gasteiger partial charge in [-0.15, -0.1) is 0 Å². The third-order valence-corrected chi connectivity index (χ3v) is 12.6. The molecule has 3 N–H and O–H groups in total. The van der Waals surface area contributed by atoms with Crippen LogP contribution in [0.1, 0.15) is 52.5 Å². The van der Waals surface area contributed by atoms with E-state index in [1.165, 1.54) is 15.6 Å². The number of aromatic nitrogens is 1. The highest BCUT2D eigenvalue weighted by atomic mass is 32.2. The number of sulfonamides is 1. The van der Waals surface area contributed by atoms with E-state index in [-0.39, 0.29) is 49.1 Å². The fraction of sp³-hybridized carbons (Fsp3) is 0.611. The van der Waals surface area contributed by atoms with Crippen LogP contribution in [0.4, 0.5) is 9.93 Å². The number of carbonyl (C=O) groups excluding carboxylic acids is 1. The van der Waals surface area contributed by atoms with Crippen LogP contribution in [-0.4, -0.2) is 110 Å². The molecular weight excluding hydrogens is 679 g/mol. The lowest BCUT2D eigenvalue weighted by Gasteiger charge is -2.34. The molecule has 12 nitrogen and oxygen atoms in total. The van der Waals surface area contributed by atoms with E-state index in [0.717, 1.165) is 53.3 Å². The topological polar surface area (TPSA) is 143 Å². The SMILES string of the molecule is CC(C)CN(C[C@@H](O)[C@H](Cc1ccccc1)NC(=O)O[C@H]1CO[C@H]2OCCC21)S(=O)(=O)c1ccc2nc(NC3CCN(C(C)C)CC3)sc2c1. The van der Waals surface area contributed by atoms with Gasteiger partial charge in [-0.3, -0.25) is 0 Å². The minimum absolute atomic E-state index is 0.0172. The van der Waals surface area contributed by atoms with Gasteiger partial charge in [0, 0.05) is 38.3 Å². The van der Waals surface area contributed by atoms with Gasteiger partial charge in [0.1, 0.15) is 6.10 Å². The van der Waals surface area contributed by atoms with Crippen LogP contribution in [0, 0.1) is 11.8 Å². The van der Waals surface area contributed by atoms with E-state index in [4.69, 9.17) is 19.2 Å². The van der Waals surface area contributed by atoms with E-state index in [1.807, 2.05) is 44.2 Å². The first-order valence-electron chi connectivity index (χ1n) is 17.8. The minimum Gasteiger partial charge on any atom is -0.443 e. The molecule has 2 aromatic carbocycles. The average Bonchev–Trinajstić information content (AvgIpc) is 3.81. The van der Waals surface area contributed by atoms with Gasteiger partial charge in [0.25, 0.3) is 0 Å². The van der Waals surface area contributed by atoms with Gasteiger partial charge in [-0.2, -0.15) is 4.31 Å². The van der Waals surface area contributed by atoms with Crippen molar-refractivity contribution in [2.24, 2.45) is 11.8 Å². The van der Waals surface area contributed by atoms with E-state index in [0.29, 0.717) is 18.7 Å². The molecular formula is C36H51N5O7S2. The number of rotatable bonds is 14. The van der Waals surface area contributed by atoms with Crippen molar-refractivity contribution in [2.75, 3.05) is 44.7 Å². The molecule has 0 spiro atoms. The molecule has 3 aromatic rings. The normalized spacial score (nSPS) is 23.1. The number of alkyl carbamates (subject to hydrolysis) is 1. The van der Waals surface area contributed by atoms with Gasteiger partial charge in [0.2, 0.25) is 10.0 Å². The van der Waals surface area contributed by atoms with Crippen LogP contribution >= 0.6 is 11.3 Å². The third kappa shape index (κ3) is 8.95. The summed E-state index contributed by atoms with van der Waals surface area (Å²) in [5.74, 6) is -0.0490. The number of nitrogens with one attached hydrogen (secondary N) is 2. The van der Waals surface area contributed by atoms with Crippen molar-refractivity contribution in [3.8, 4) is 0 Å². The lowest BCUT2D eigenvalue weighted by atomic mass is 10.0. The fourth-order valence-corrected chi connectivity index (χ4v) is 9.75. The fourth-order valence-electron chi connectivity index (χ4n) is 7.05. The highest BCUT2D eigenvalue weighted by molar-refractivity contribution is 7.89. The molecule has 4 heterocycles. The molecule has 1 unspecified atom stereocenters. The highest BCUT2D eigenvalue weighted by Crippen LogP contribution is 2.33. The first-order chi connectivity index (χ1) is 24.0. The van der Waals surface area contributed by atoms with E-state index in [2.05, 4.69) is 29.4 Å². The van der Waals surface area contributed by atoms with Crippen molar-refractivity contribution in [1.82, 2.24) is 19.5 Å². The molecule has 3 aliphatic heterocycles. The molecule has 3 saturated heterocycles. The van der Waals surface area contributed by atoms with Gasteiger partial charge < -0.3 is 34.9 Å². The van der Waals surface area contributed by atoms with E-state index in [9.17, 15) is 18.3 Å². The van der Waals surface area contributed by atoms with Crippen LogP contribution in [0.2, 0.25) is 0 Å². The number of ether oxygens (including phenoxy) is 3. The number of nitrogens with zero attached hydrogens (tertiary/aromatic N) is 3. The standard InChI is InChI=1S/C36H51N5O7S2/c1-23(2)20-41(50(44,45)27-10-11-29-33(19-27)49-35(38-29)37-26-12-15-40(16-13-26)24(3)4)21-31(42)30(18-25-8-6-5-7-9-25)39-36(43)48-32-22-47-34-28(32)14-17-46-34/h5-11,19,23-24,26,28,30-32,34,42H,12-18,20-22H2,1-4H3,(H,37,38)(H,39,43)/t28?,30-,31+,32-,34+/m0/s1. The Morgan fingerprint density at radius 3 is 2.56 bits per heavy atom. The maximum atomic E-state index is 14.2. The van der Waals surface area contributed by atoms with E-state index in [1.54, 1.807) is 18.2 Å². The van der Waals surface area contributed by atoms with Crippen molar-refractivity contribution in [3.63, 3.8) is 0 Å². The van der Waals surface area contributed by atoms with Crippen molar-refractivity contribution < 1.29 is 32.5 Å². The first kappa shape index (κ1) is 36.9. The Balaban J connectivity index is 1.16. The molecule has 0 bridgehead atoms. The molecule has 50 heavy (non-hydrogen) atoms. The molecule has 14 heteroatoms. The number of fused-ring (bicyclic) bond motifs is 2. The summed E-state index contributed by atoms with van der Waals surface area (Å²) in [5, 5.41) is 18.9. The summed E-state index contributed by atoms with van der Waals surface area (Å²) < 4.78 is 47.5. The maximum Gasteiger partial charge on any atom is 0.407 e. The molecule has 0 radical (unpaired) electrons. The molecule has 5 atom stereocenters. The lowest BCUT2D eigenvalue weighted by Crippen LogP contribution is -2.51. The summed E-state index contributed by atoms with van der Waals surface area (Å²) in [6.07, 6.45) is 0.342. The Morgan fingerprint density at radius 1 is 1.08 bits per heavy atom. The van der Waals surface area contributed by atoms with Gasteiger partial charge in [-0.05, 0) is 69.2 Å². The third-order valence-electron chi connectivity index (χ3n) is 9.85. The van der Waals surface area contributed by atoms with Gasteiger partial charge >= 0.3 is 6.09 Å². The Bertz CT molecular complexity index is 1680. The molecule has 3 fully saturated rings. The van der Waals surface area contributed by atoms with E-state index < -0.39 is 34.4 Å². The predicted octanol–water partition coefficient (Wildman–Crippen LogP) is 4.69. The monoisotopic (exact) mass is 729 g/mol. The van der Waals surface area contributed by atoms with Crippen LogP contribution in [0.25, 0.3) is 10.2 Å². The summed E-state index contributed by atoms with van der Waals surface area (Å²) in [6, 6.07) is 14.5. The number of piperidine rings is 1. The molecule has 274 valence electrons. The van der Waals surface area contributed by atoms with Crippen LogP contribution in [0.5, 0.6) is 0 Å². The zero-order valence-electron chi connectivity index (χ0n) is 29.4. The molecule has 1 aromatic heterocycles. The molecule has 6 rings (SSSR count). The number of carbonyl (C=O) groups is 1. The zero-order chi connectivity index (χ0) is 35.4. The molecule has 3 aliphatic rings. The maximum absolute atomic E-state index is 14.2. The summed E-state index contributed by atoms with van der Waals surface area (Å²) in [6.45, 7) is 11.2. The average molecular weight is 730 g/mol. The summed E-state index contributed by atoms with van der Waals surface area (Å²) in [5.41, 5.74) is 1.62. The van der Waals surface area contributed by atoms with E-state index >= 15 is 0 Å². The quantitative estimate of drug-likeness (QED) is 0.214. The zero-order valence-corrected chi connectivity index (χ0v) is 31.0. The Kier molecular flexibility index (Phi) is 12.0. The number of aliphatic hydroxyl groups is 1. The van der Waals surface area contributed by atoms with Crippen LogP contribution in [0.3, 0.4) is 0 Å². The first-order valence-corrected chi connectivity index (χ1v) is 20.1. The Morgan fingerprint density at radius 2 is 1.84 bits per heavy atom. The Hall–Kier alpha value is -2.85. The smallest absolute Gasteiger partial charge is 0.407 e. The number of benzene rings is 2. The van der Waals surface area contributed by atoms with Crippen molar-refractivity contribution in [3.05, 3.63) is 54.1 Å². The Labute approximate surface area is 299 Å². The number of amides is 1. The van der Waals surface area contributed by atoms with Crippen molar-refractivity contribution in [1.29, 1.82) is 0 Å². The molecule has 1 amide bonds. The van der Waals surface area contributed by atoms with Crippen molar-refractivity contribution in [2.45, 2.75) is 94.9 Å². The molecule has 0 aliphatic carbocycles. The number of hydrogen-bond donors (Lipinski definition) is 3. The van der Waals surface area contributed by atoms with Gasteiger partial charge in [0.15, 0.2) is 11.4 Å².